The summed E-state index contributed by atoms with van der Waals surface area (Å²) in [5.41, 5.74) is 0. The molecule has 0 aromatic carbocycles. The first kappa shape index (κ1) is 25.8. The Morgan fingerprint density at radius 1 is 0.727 bits per heavy atom. The van der Waals surface area contributed by atoms with Gasteiger partial charge in [0.1, 0.15) is 12.2 Å². The van der Waals surface area contributed by atoms with Crippen LogP contribution in [0, 0.1) is 17.8 Å². The van der Waals surface area contributed by atoms with Crippen LogP contribution in [0.2, 0.25) is 0 Å². The van der Waals surface area contributed by atoms with Crippen LogP contribution in [0.4, 0.5) is 0 Å². The van der Waals surface area contributed by atoms with Crippen molar-refractivity contribution < 1.29 is 39.4 Å². The average molecular weight is 473 g/mol. The van der Waals surface area contributed by atoms with Crippen LogP contribution >= 0.6 is 0 Å². The van der Waals surface area contributed by atoms with Crippen molar-refractivity contribution >= 4 is 0 Å². The highest BCUT2D eigenvalue weighted by molar-refractivity contribution is 4.97. The first-order valence-corrected chi connectivity index (χ1v) is 12.9. The van der Waals surface area contributed by atoms with E-state index in [1.54, 1.807) is 14.2 Å². The van der Waals surface area contributed by atoms with E-state index in [1.807, 2.05) is 0 Å². The van der Waals surface area contributed by atoms with Gasteiger partial charge < -0.3 is 39.4 Å². The largest absolute Gasteiger partial charge is 0.394 e. The predicted octanol–water partition coefficient (Wildman–Crippen LogP) is 1.40. The minimum absolute atomic E-state index is 0.00734. The maximum Gasteiger partial charge on any atom is 0.107 e. The van der Waals surface area contributed by atoms with Gasteiger partial charge in [-0.15, -0.1) is 0 Å². The van der Waals surface area contributed by atoms with Crippen molar-refractivity contribution in [2.24, 2.45) is 17.8 Å². The molecule has 8 heteroatoms. The van der Waals surface area contributed by atoms with Crippen molar-refractivity contribution in [2.75, 3.05) is 20.8 Å². The highest BCUT2D eigenvalue weighted by Gasteiger charge is 2.48. The van der Waals surface area contributed by atoms with Gasteiger partial charge in [0.2, 0.25) is 0 Å². The van der Waals surface area contributed by atoms with Gasteiger partial charge in [0.05, 0.1) is 49.3 Å². The lowest BCUT2D eigenvalue weighted by atomic mass is 9.75. The van der Waals surface area contributed by atoms with Gasteiger partial charge in [-0.1, -0.05) is 6.42 Å². The van der Waals surface area contributed by atoms with Crippen molar-refractivity contribution in [3.8, 4) is 0 Å². The number of hydrogen-bond acceptors (Lipinski definition) is 8. The minimum atomic E-state index is -0.669. The first-order valence-electron chi connectivity index (χ1n) is 12.9. The second kappa shape index (κ2) is 11.6. The van der Waals surface area contributed by atoms with Gasteiger partial charge in [0, 0.05) is 14.2 Å². The lowest BCUT2D eigenvalue weighted by Crippen LogP contribution is -2.58. The number of rotatable bonds is 7. The van der Waals surface area contributed by atoms with E-state index >= 15 is 0 Å². The van der Waals surface area contributed by atoms with Gasteiger partial charge in [-0.3, -0.25) is 0 Å². The fourth-order valence-corrected chi connectivity index (χ4v) is 6.93. The van der Waals surface area contributed by atoms with Crippen molar-refractivity contribution in [1.29, 1.82) is 0 Å². The molecule has 33 heavy (non-hydrogen) atoms. The molecule has 4 fully saturated rings. The minimum Gasteiger partial charge on any atom is -0.394 e. The molecule has 1 saturated heterocycles. The van der Waals surface area contributed by atoms with Crippen molar-refractivity contribution in [2.45, 2.75) is 119 Å². The molecule has 192 valence electrons. The van der Waals surface area contributed by atoms with Crippen molar-refractivity contribution in [1.82, 2.24) is 0 Å². The lowest BCUT2D eigenvalue weighted by Gasteiger charge is -2.50. The van der Waals surface area contributed by atoms with Crippen LogP contribution in [0.15, 0.2) is 0 Å². The molecular weight excluding hydrogens is 428 g/mol. The third kappa shape index (κ3) is 6.09. The third-order valence-corrected chi connectivity index (χ3v) is 8.71. The Labute approximate surface area is 197 Å². The molecule has 1 aliphatic heterocycles. The second-order valence-electron chi connectivity index (χ2n) is 10.9. The molecule has 0 aromatic rings. The molecule has 8 nitrogen and oxygen atoms in total. The zero-order chi connectivity index (χ0) is 23.5. The number of hydrogen-bond donors (Lipinski definition) is 4. The van der Waals surface area contributed by atoms with E-state index in [9.17, 15) is 20.4 Å². The standard InChI is InChI=1S/C25H44O8/c1-30-21-10-16(11-22(31-2)24(21)29)25-23(13-26)32-19-6-5-14(9-20(19)33-25)3-4-15-7-17(27)12-18(28)8-15/h14-29H,3-13H2,1-2H3. The summed E-state index contributed by atoms with van der Waals surface area (Å²) in [4.78, 5) is 0. The molecule has 9 unspecified atom stereocenters. The van der Waals surface area contributed by atoms with E-state index in [1.165, 1.54) is 0 Å². The van der Waals surface area contributed by atoms with Crippen molar-refractivity contribution in [3.05, 3.63) is 0 Å². The Hall–Kier alpha value is -0.320. The van der Waals surface area contributed by atoms with Crippen LogP contribution < -0.4 is 0 Å². The van der Waals surface area contributed by atoms with Crippen LogP contribution in [0.25, 0.3) is 0 Å². The summed E-state index contributed by atoms with van der Waals surface area (Å²) in [6.45, 7) is -0.0853. The first-order chi connectivity index (χ1) is 15.9. The van der Waals surface area contributed by atoms with E-state index in [0.717, 1.165) is 44.9 Å². The number of aliphatic hydroxyl groups is 4. The molecule has 1 heterocycles. The molecule has 4 N–H and O–H groups in total. The van der Waals surface area contributed by atoms with E-state index in [-0.39, 0.29) is 61.4 Å². The van der Waals surface area contributed by atoms with Crippen molar-refractivity contribution in [3.63, 3.8) is 0 Å². The highest BCUT2D eigenvalue weighted by atomic mass is 16.6. The smallest absolute Gasteiger partial charge is 0.107 e. The van der Waals surface area contributed by atoms with Gasteiger partial charge >= 0.3 is 0 Å². The Bertz CT molecular complexity index is 581. The fraction of sp³-hybridized carbons (Fsp3) is 1.00. The summed E-state index contributed by atoms with van der Waals surface area (Å²) < 4.78 is 24.1. The third-order valence-electron chi connectivity index (χ3n) is 8.71. The second-order valence-corrected chi connectivity index (χ2v) is 10.9. The Morgan fingerprint density at radius 2 is 1.36 bits per heavy atom. The monoisotopic (exact) mass is 472 g/mol. The zero-order valence-corrected chi connectivity index (χ0v) is 20.1. The molecule has 3 aliphatic carbocycles. The quantitative estimate of drug-likeness (QED) is 0.439. The number of methoxy groups -OCH3 is 2. The van der Waals surface area contributed by atoms with Crippen LogP contribution in [-0.2, 0) is 18.9 Å². The molecular formula is C25H44O8. The van der Waals surface area contributed by atoms with Gasteiger partial charge in [-0.25, -0.2) is 0 Å². The normalized spacial score (nSPS) is 48.9. The maximum atomic E-state index is 10.5. The average Bonchev–Trinajstić information content (AvgIpc) is 2.81. The fourth-order valence-electron chi connectivity index (χ4n) is 6.93. The van der Waals surface area contributed by atoms with E-state index < -0.39 is 6.10 Å². The topological polar surface area (TPSA) is 118 Å². The van der Waals surface area contributed by atoms with E-state index in [0.29, 0.717) is 31.1 Å². The number of ether oxygens (including phenoxy) is 4. The van der Waals surface area contributed by atoms with Crippen LogP contribution in [0.5, 0.6) is 0 Å². The molecule has 9 atom stereocenters. The lowest BCUT2D eigenvalue weighted by molar-refractivity contribution is -0.264. The van der Waals surface area contributed by atoms with Crippen LogP contribution in [0.3, 0.4) is 0 Å². The molecule has 3 saturated carbocycles. The van der Waals surface area contributed by atoms with E-state index in [4.69, 9.17) is 18.9 Å². The maximum absolute atomic E-state index is 10.5. The van der Waals surface area contributed by atoms with Crippen LogP contribution in [-0.4, -0.2) is 96.2 Å². The molecule has 0 aromatic heterocycles. The van der Waals surface area contributed by atoms with Gasteiger partial charge in [-0.05, 0) is 75.5 Å². The summed E-state index contributed by atoms with van der Waals surface area (Å²) in [7, 11) is 3.22. The summed E-state index contributed by atoms with van der Waals surface area (Å²) in [5.74, 6) is 1.01. The van der Waals surface area contributed by atoms with Gasteiger partial charge in [0.15, 0.2) is 0 Å². The summed E-state index contributed by atoms with van der Waals surface area (Å²) in [6, 6.07) is 0. The Kier molecular flexibility index (Phi) is 9.06. The van der Waals surface area contributed by atoms with E-state index in [2.05, 4.69) is 0 Å². The predicted molar refractivity (Wildman–Crippen MR) is 121 cm³/mol. The highest BCUT2D eigenvalue weighted by Crippen LogP contribution is 2.42. The number of fused-ring (bicyclic) bond motifs is 1. The molecule has 0 radical (unpaired) electrons. The molecule has 4 rings (SSSR count). The summed E-state index contributed by atoms with van der Waals surface area (Å²) in [5, 5.41) is 40.5. The Morgan fingerprint density at radius 3 is 1.97 bits per heavy atom. The zero-order valence-electron chi connectivity index (χ0n) is 20.1. The molecule has 0 spiro atoms. The van der Waals surface area contributed by atoms with Crippen LogP contribution in [0.1, 0.15) is 64.2 Å². The SMILES string of the molecule is COC1CC(C2OC3CC(CCC4CC(O)CC(O)C4)CCC3OC2CO)CC(OC)C1O. The molecule has 0 bridgehead atoms. The summed E-state index contributed by atoms with van der Waals surface area (Å²) in [6.07, 6.45) is 5.79. The molecule has 0 amide bonds. The van der Waals surface area contributed by atoms with Gasteiger partial charge in [0.25, 0.3) is 0 Å². The Balaban J connectivity index is 1.35. The number of aliphatic hydroxyl groups excluding tert-OH is 4. The summed E-state index contributed by atoms with van der Waals surface area (Å²) >= 11 is 0. The van der Waals surface area contributed by atoms with Gasteiger partial charge in [-0.2, -0.15) is 0 Å². The molecule has 4 aliphatic rings.